The van der Waals surface area contributed by atoms with Crippen LogP contribution in [-0.4, -0.2) is 38.2 Å². The van der Waals surface area contributed by atoms with Gasteiger partial charge in [-0.15, -0.1) is 11.3 Å². The van der Waals surface area contributed by atoms with Crippen molar-refractivity contribution in [1.82, 2.24) is 25.0 Å². The first-order chi connectivity index (χ1) is 10.5. The molecule has 6 nitrogen and oxygen atoms in total. The van der Waals surface area contributed by atoms with E-state index in [1.54, 1.807) is 17.5 Å². The van der Waals surface area contributed by atoms with Crippen LogP contribution >= 0.6 is 11.3 Å². The number of aromatic nitrogens is 3. The first-order valence-electron chi connectivity index (χ1n) is 7.49. The van der Waals surface area contributed by atoms with Crippen LogP contribution in [0, 0.1) is 6.92 Å². The first-order valence-corrected chi connectivity index (χ1v) is 8.37. The Bertz CT molecular complexity index is 662. The van der Waals surface area contributed by atoms with E-state index < -0.39 is 0 Å². The van der Waals surface area contributed by atoms with Gasteiger partial charge in [0.2, 0.25) is 5.91 Å². The van der Waals surface area contributed by atoms with Gasteiger partial charge in [-0.3, -0.25) is 14.4 Å². The molecule has 2 aromatic rings. The number of carbonyl (C=O) groups is 1. The van der Waals surface area contributed by atoms with E-state index in [-0.39, 0.29) is 18.0 Å². The summed E-state index contributed by atoms with van der Waals surface area (Å²) in [6.45, 7) is 8.17. The number of hydrogen-bond acceptors (Lipinski definition) is 5. The van der Waals surface area contributed by atoms with Crippen LogP contribution in [0.2, 0.25) is 0 Å². The molecule has 0 fully saturated rings. The molecule has 0 aliphatic carbocycles. The van der Waals surface area contributed by atoms with E-state index in [1.165, 1.54) is 0 Å². The largest absolute Gasteiger partial charge is 0.352 e. The van der Waals surface area contributed by atoms with E-state index in [4.69, 9.17) is 0 Å². The van der Waals surface area contributed by atoms with E-state index in [9.17, 15) is 4.79 Å². The second-order valence-corrected chi connectivity index (χ2v) is 7.04. The number of rotatable bonds is 4. The topological polar surface area (TPSA) is 63.1 Å². The highest BCUT2D eigenvalue weighted by molar-refractivity contribution is 7.09. The molecule has 3 heterocycles. The molecular weight excluding hydrogens is 298 g/mol. The van der Waals surface area contributed by atoms with Gasteiger partial charge in [0.05, 0.1) is 16.4 Å². The van der Waals surface area contributed by atoms with E-state index in [0.29, 0.717) is 6.54 Å². The Hall–Kier alpha value is -1.73. The Balaban J connectivity index is 1.77. The van der Waals surface area contributed by atoms with Crippen LogP contribution in [0.3, 0.4) is 0 Å². The summed E-state index contributed by atoms with van der Waals surface area (Å²) in [4.78, 5) is 19.2. The summed E-state index contributed by atoms with van der Waals surface area (Å²) in [6, 6.07) is 1.83. The van der Waals surface area contributed by atoms with Crippen LogP contribution in [0.15, 0.2) is 17.6 Å². The van der Waals surface area contributed by atoms with Crippen molar-refractivity contribution in [1.29, 1.82) is 0 Å². The number of aryl methyl sites for hydroxylation is 1. The zero-order chi connectivity index (χ0) is 15.7. The fraction of sp³-hybridized carbons (Fsp3) is 0.533. The van der Waals surface area contributed by atoms with Crippen LogP contribution in [0.4, 0.5) is 0 Å². The van der Waals surface area contributed by atoms with Crippen LogP contribution < -0.4 is 5.32 Å². The number of thiazole rings is 1. The molecule has 0 aromatic carbocycles. The van der Waals surface area contributed by atoms with Crippen LogP contribution in [0.25, 0.3) is 0 Å². The van der Waals surface area contributed by atoms with Crippen molar-refractivity contribution < 1.29 is 4.79 Å². The SMILES string of the molecule is Cc1nc(CN2Cc3ccnn3[C@@H](C(=O)NC(C)C)C2)cs1. The van der Waals surface area contributed by atoms with E-state index in [1.807, 2.05) is 31.5 Å². The molecule has 22 heavy (non-hydrogen) atoms. The monoisotopic (exact) mass is 319 g/mol. The third kappa shape index (κ3) is 3.20. The van der Waals surface area contributed by atoms with Gasteiger partial charge >= 0.3 is 0 Å². The number of carbonyl (C=O) groups excluding carboxylic acids is 1. The summed E-state index contributed by atoms with van der Waals surface area (Å²) in [7, 11) is 0. The van der Waals surface area contributed by atoms with Gasteiger partial charge in [0.25, 0.3) is 0 Å². The molecule has 0 spiro atoms. The van der Waals surface area contributed by atoms with Crippen LogP contribution in [0.1, 0.15) is 36.3 Å². The molecule has 0 saturated carbocycles. The summed E-state index contributed by atoms with van der Waals surface area (Å²) in [6.07, 6.45) is 1.77. The molecule has 7 heteroatoms. The molecular formula is C15H21N5OS. The van der Waals surface area contributed by atoms with Crippen LogP contribution in [0.5, 0.6) is 0 Å². The van der Waals surface area contributed by atoms with Gasteiger partial charge in [-0.05, 0) is 26.8 Å². The summed E-state index contributed by atoms with van der Waals surface area (Å²) in [5.41, 5.74) is 2.14. The van der Waals surface area contributed by atoms with Crippen molar-refractivity contribution in [3.8, 4) is 0 Å². The molecule has 0 unspecified atom stereocenters. The fourth-order valence-corrected chi connectivity index (χ4v) is 3.37. The third-order valence-electron chi connectivity index (χ3n) is 3.65. The minimum atomic E-state index is -0.277. The highest BCUT2D eigenvalue weighted by atomic mass is 32.1. The van der Waals surface area contributed by atoms with E-state index >= 15 is 0 Å². The predicted molar refractivity (Wildman–Crippen MR) is 85.5 cm³/mol. The van der Waals surface area contributed by atoms with E-state index in [0.717, 1.165) is 29.5 Å². The Morgan fingerprint density at radius 1 is 1.55 bits per heavy atom. The highest BCUT2D eigenvalue weighted by Gasteiger charge is 2.31. The third-order valence-corrected chi connectivity index (χ3v) is 4.47. The maximum atomic E-state index is 12.5. The lowest BCUT2D eigenvalue weighted by molar-refractivity contribution is -0.126. The molecule has 3 rings (SSSR count). The molecule has 1 atom stereocenters. The van der Waals surface area contributed by atoms with Crippen LogP contribution in [-0.2, 0) is 17.9 Å². The van der Waals surface area contributed by atoms with Crippen molar-refractivity contribution >= 4 is 17.2 Å². The Labute approximate surface area is 134 Å². The van der Waals surface area contributed by atoms with Gasteiger partial charge in [-0.1, -0.05) is 0 Å². The normalized spacial score (nSPS) is 18.5. The summed E-state index contributed by atoms with van der Waals surface area (Å²) >= 11 is 1.66. The number of amides is 1. The smallest absolute Gasteiger partial charge is 0.246 e. The quantitative estimate of drug-likeness (QED) is 0.932. The molecule has 2 aromatic heterocycles. The van der Waals surface area contributed by atoms with Gasteiger partial charge in [-0.2, -0.15) is 5.10 Å². The molecule has 1 N–H and O–H groups in total. The van der Waals surface area contributed by atoms with Gasteiger partial charge in [0.1, 0.15) is 6.04 Å². The molecule has 0 radical (unpaired) electrons. The molecule has 118 valence electrons. The average Bonchev–Trinajstić information content (AvgIpc) is 3.06. The van der Waals surface area contributed by atoms with Crippen molar-refractivity contribution in [2.75, 3.05) is 6.54 Å². The van der Waals surface area contributed by atoms with Crippen molar-refractivity contribution in [2.45, 2.75) is 45.9 Å². The lowest BCUT2D eigenvalue weighted by Crippen LogP contribution is -2.46. The molecule has 0 bridgehead atoms. The number of nitrogens with one attached hydrogen (secondary N) is 1. The Morgan fingerprint density at radius 3 is 3.05 bits per heavy atom. The Morgan fingerprint density at radius 2 is 2.36 bits per heavy atom. The summed E-state index contributed by atoms with van der Waals surface area (Å²) < 4.78 is 1.85. The lowest BCUT2D eigenvalue weighted by atomic mass is 10.1. The minimum Gasteiger partial charge on any atom is -0.352 e. The second-order valence-electron chi connectivity index (χ2n) is 5.97. The molecule has 1 aliphatic heterocycles. The highest BCUT2D eigenvalue weighted by Crippen LogP contribution is 2.22. The maximum absolute atomic E-state index is 12.5. The van der Waals surface area contributed by atoms with Crippen molar-refractivity contribution in [3.05, 3.63) is 34.0 Å². The second kappa shape index (κ2) is 6.18. The van der Waals surface area contributed by atoms with Gasteiger partial charge < -0.3 is 5.32 Å². The van der Waals surface area contributed by atoms with Gasteiger partial charge in [0, 0.05) is 37.3 Å². The summed E-state index contributed by atoms with van der Waals surface area (Å²) in [5.74, 6) is 0.0270. The molecule has 0 saturated heterocycles. The zero-order valence-corrected chi connectivity index (χ0v) is 13.9. The standard InChI is InChI=1S/C15H21N5OS/c1-10(2)17-15(21)14-8-19(6-12-9-22-11(3)18-12)7-13-4-5-16-20(13)14/h4-5,9-10,14H,6-8H2,1-3H3,(H,17,21)/t14-/m1/s1. The van der Waals surface area contributed by atoms with Crippen molar-refractivity contribution in [2.24, 2.45) is 0 Å². The predicted octanol–water partition coefficient (Wildman–Crippen LogP) is 1.73. The molecule has 1 amide bonds. The van der Waals surface area contributed by atoms with Gasteiger partial charge in [-0.25, -0.2) is 4.98 Å². The Kier molecular flexibility index (Phi) is 4.26. The van der Waals surface area contributed by atoms with Gasteiger partial charge in [0.15, 0.2) is 0 Å². The fourth-order valence-electron chi connectivity index (χ4n) is 2.77. The van der Waals surface area contributed by atoms with E-state index in [2.05, 4.69) is 25.7 Å². The zero-order valence-electron chi connectivity index (χ0n) is 13.1. The number of hydrogen-bond donors (Lipinski definition) is 1. The summed E-state index contributed by atoms with van der Waals surface area (Å²) in [5, 5.41) is 10.5. The maximum Gasteiger partial charge on any atom is 0.246 e. The first kappa shape index (κ1) is 15.2. The molecule has 1 aliphatic rings. The van der Waals surface area contributed by atoms with Crippen molar-refractivity contribution in [3.63, 3.8) is 0 Å². The minimum absolute atomic E-state index is 0.0270. The lowest BCUT2D eigenvalue weighted by Gasteiger charge is -2.33. The number of fused-ring (bicyclic) bond motifs is 1. The number of nitrogens with zero attached hydrogens (tertiary/aromatic N) is 4. The average molecular weight is 319 g/mol.